The van der Waals surface area contributed by atoms with Crippen LogP contribution in [0.15, 0.2) is 36.5 Å². The minimum atomic E-state index is -0.269. The van der Waals surface area contributed by atoms with Crippen LogP contribution in [0.5, 0.6) is 0 Å². The van der Waals surface area contributed by atoms with Gasteiger partial charge >= 0.3 is 5.97 Å². The van der Waals surface area contributed by atoms with Crippen molar-refractivity contribution in [2.24, 2.45) is 0 Å². The molecule has 0 atom stereocenters. The van der Waals surface area contributed by atoms with E-state index in [1.807, 2.05) is 30.3 Å². The van der Waals surface area contributed by atoms with Gasteiger partial charge in [-0.2, -0.15) is 0 Å². The van der Waals surface area contributed by atoms with Crippen molar-refractivity contribution in [1.29, 1.82) is 0 Å². The average molecular weight is 268 g/mol. The van der Waals surface area contributed by atoms with Gasteiger partial charge in [0, 0.05) is 11.1 Å². The predicted octanol–water partition coefficient (Wildman–Crippen LogP) is 3.08. The molecule has 1 aromatic carbocycles. The molecule has 0 saturated heterocycles. The molecule has 2 aromatic rings. The van der Waals surface area contributed by atoms with Crippen LogP contribution in [0, 0.1) is 0 Å². The van der Waals surface area contributed by atoms with Gasteiger partial charge in [-0.25, -0.2) is 4.98 Å². The van der Waals surface area contributed by atoms with Gasteiger partial charge in [0.05, 0.1) is 6.42 Å². The minimum Gasteiger partial charge on any atom is -0.461 e. The number of carbonyl (C=O) groups is 1. The SMILES string of the molecule is O=C(Cc1cnc(Cl)s1)OCc1ccccc1. The van der Waals surface area contributed by atoms with Crippen molar-refractivity contribution in [3.8, 4) is 0 Å². The number of hydrogen-bond acceptors (Lipinski definition) is 4. The third kappa shape index (κ3) is 3.84. The number of benzene rings is 1. The molecule has 1 heterocycles. The summed E-state index contributed by atoms with van der Waals surface area (Å²) >= 11 is 6.96. The fraction of sp³-hybridized carbons (Fsp3) is 0.167. The Morgan fingerprint density at radius 3 is 2.76 bits per heavy atom. The zero-order chi connectivity index (χ0) is 12.1. The molecule has 0 bridgehead atoms. The first kappa shape index (κ1) is 12.1. The number of hydrogen-bond donors (Lipinski definition) is 0. The molecular weight excluding hydrogens is 258 g/mol. The average Bonchev–Trinajstić information content (AvgIpc) is 2.73. The summed E-state index contributed by atoms with van der Waals surface area (Å²) in [6, 6.07) is 9.57. The number of aromatic nitrogens is 1. The first-order valence-corrected chi connectivity index (χ1v) is 6.23. The Morgan fingerprint density at radius 1 is 1.35 bits per heavy atom. The Labute approximate surface area is 108 Å². The molecule has 0 aliphatic rings. The third-order valence-corrected chi connectivity index (χ3v) is 3.20. The maximum absolute atomic E-state index is 11.5. The van der Waals surface area contributed by atoms with E-state index in [9.17, 15) is 4.79 Å². The number of thiazole rings is 1. The number of carbonyl (C=O) groups excluding carboxylic acids is 1. The molecular formula is C12H10ClNO2S. The highest BCUT2D eigenvalue weighted by atomic mass is 35.5. The zero-order valence-electron chi connectivity index (χ0n) is 8.93. The molecule has 0 spiro atoms. The highest BCUT2D eigenvalue weighted by Gasteiger charge is 2.08. The molecule has 3 nitrogen and oxygen atoms in total. The van der Waals surface area contributed by atoms with Crippen LogP contribution in [0.25, 0.3) is 0 Å². The first-order chi connectivity index (χ1) is 8.24. The summed E-state index contributed by atoms with van der Waals surface area (Å²) in [5.74, 6) is -0.269. The largest absolute Gasteiger partial charge is 0.461 e. The van der Waals surface area contributed by atoms with Crippen molar-refractivity contribution >= 4 is 28.9 Å². The van der Waals surface area contributed by atoms with E-state index in [1.165, 1.54) is 11.3 Å². The van der Waals surface area contributed by atoms with Gasteiger partial charge < -0.3 is 4.74 Å². The standard InChI is InChI=1S/C12H10ClNO2S/c13-12-14-7-10(17-12)6-11(15)16-8-9-4-2-1-3-5-9/h1-5,7H,6,8H2. The normalized spacial score (nSPS) is 10.2. The van der Waals surface area contributed by atoms with Gasteiger partial charge in [-0.05, 0) is 5.56 Å². The number of nitrogens with zero attached hydrogens (tertiary/aromatic N) is 1. The van der Waals surface area contributed by atoms with Gasteiger partial charge in [-0.15, -0.1) is 11.3 Å². The molecule has 2 rings (SSSR count). The van der Waals surface area contributed by atoms with Crippen molar-refractivity contribution in [3.05, 3.63) is 51.4 Å². The van der Waals surface area contributed by atoms with E-state index in [-0.39, 0.29) is 12.4 Å². The summed E-state index contributed by atoms with van der Waals surface area (Å²) in [5.41, 5.74) is 0.975. The van der Waals surface area contributed by atoms with Crippen molar-refractivity contribution in [3.63, 3.8) is 0 Å². The van der Waals surface area contributed by atoms with Crippen LogP contribution < -0.4 is 0 Å². The predicted molar refractivity (Wildman–Crippen MR) is 67.1 cm³/mol. The minimum absolute atomic E-state index is 0.219. The Kier molecular flexibility index (Phi) is 4.12. The molecule has 0 aliphatic carbocycles. The first-order valence-electron chi connectivity index (χ1n) is 5.04. The van der Waals surface area contributed by atoms with E-state index in [0.29, 0.717) is 11.1 Å². The van der Waals surface area contributed by atoms with E-state index < -0.39 is 0 Å². The van der Waals surface area contributed by atoms with Crippen molar-refractivity contribution < 1.29 is 9.53 Å². The molecule has 0 radical (unpaired) electrons. The quantitative estimate of drug-likeness (QED) is 0.799. The Morgan fingerprint density at radius 2 is 2.12 bits per heavy atom. The van der Waals surface area contributed by atoms with Gasteiger partial charge in [-0.1, -0.05) is 41.9 Å². The van der Waals surface area contributed by atoms with Crippen molar-refractivity contribution in [2.45, 2.75) is 13.0 Å². The Bertz CT molecular complexity index is 498. The van der Waals surface area contributed by atoms with E-state index in [4.69, 9.17) is 16.3 Å². The number of esters is 1. The molecule has 5 heteroatoms. The summed E-state index contributed by atoms with van der Waals surface area (Å²) in [5, 5.41) is 0. The van der Waals surface area contributed by atoms with E-state index in [1.54, 1.807) is 6.20 Å². The van der Waals surface area contributed by atoms with E-state index in [2.05, 4.69) is 4.98 Å². The highest BCUT2D eigenvalue weighted by molar-refractivity contribution is 7.15. The molecule has 0 amide bonds. The molecule has 88 valence electrons. The van der Waals surface area contributed by atoms with Gasteiger partial charge in [0.25, 0.3) is 0 Å². The van der Waals surface area contributed by atoms with Crippen LogP contribution in [0.3, 0.4) is 0 Å². The smallest absolute Gasteiger partial charge is 0.311 e. The van der Waals surface area contributed by atoms with E-state index in [0.717, 1.165) is 10.4 Å². The second-order valence-electron chi connectivity index (χ2n) is 3.40. The lowest BCUT2D eigenvalue weighted by atomic mass is 10.2. The van der Waals surface area contributed by atoms with Gasteiger partial charge in [0.2, 0.25) is 0 Å². The second kappa shape index (κ2) is 5.80. The lowest BCUT2D eigenvalue weighted by molar-refractivity contribution is -0.144. The summed E-state index contributed by atoms with van der Waals surface area (Å²) in [7, 11) is 0. The van der Waals surface area contributed by atoms with Crippen LogP contribution in [-0.4, -0.2) is 11.0 Å². The number of halogens is 1. The van der Waals surface area contributed by atoms with Crippen molar-refractivity contribution in [2.75, 3.05) is 0 Å². The van der Waals surface area contributed by atoms with Gasteiger partial charge in [-0.3, -0.25) is 4.79 Å². The maximum Gasteiger partial charge on any atom is 0.311 e. The third-order valence-electron chi connectivity index (χ3n) is 2.09. The van der Waals surface area contributed by atoms with Crippen LogP contribution in [0.2, 0.25) is 4.47 Å². The summed E-state index contributed by atoms with van der Waals surface area (Å²) < 4.78 is 5.58. The zero-order valence-corrected chi connectivity index (χ0v) is 10.5. The summed E-state index contributed by atoms with van der Waals surface area (Å²) in [6.07, 6.45) is 1.81. The molecule has 1 aromatic heterocycles. The number of ether oxygens (including phenoxy) is 1. The summed E-state index contributed by atoms with van der Waals surface area (Å²) in [6.45, 7) is 0.298. The second-order valence-corrected chi connectivity index (χ2v) is 5.10. The Balaban J connectivity index is 1.82. The van der Waals surface area contributed by atoms with Crippen molar-refractivity contribution in [1.82, 2.24) is 4.98 Å². The lowest BCUT2D eigenvalue weighted by Gasteiger charge is -2.03. The molecule has 0 saturated carbocycles. The fourth-order valence-corrected chi connectivity index (χ4v) is 2.26. The van der Waals surface area contributed by atoms with E-state index >= 15 is 0 Å². The van der Waals surface area contributed by atoms with Crippen LogP contribution in [0.4, 0.5) is 0 Å². The molecule has 17 heavy (non-hydrogen) atoms. The van der Waals surface area contributed by atoms with Crippen LogP contribution >= 0.6 is 22.9 Å². The molecule has 0 unspecified atom stereocenters. The summed E-state index contributed by atoms with van der Waals surface area (Å²) in [4.78, 5) is 16.2. The Hall–Kier alpha value is -1.39. The molecule has 0 aliphatic heterocycles. The molecule has 0 N–H and O–H groups in total. The maximum atomic E-state index is 11.5. The van der Waals surface area contributed by atoms with Crippen LogP contribution in [0.1, 0.15) is 10.4 Å². The van der Waals surface area contributed by atoms with Gasteiger partial charge in [0.15, 0.2) is 4.47 Å². The highest BCUT2D eigenvalue weighted by Crippen LogP contribution is 2.18. The lowest BCUT2D eigenvalue weighted by Crippen LogP contribution is -2.06. The number of rotatable bonds is 4. The monoisotopic (exact) mass is 267 g/mol. The molecule has 0 fully saturated rings. The van der Waals surface area contributed by atoms with Gasteiger partial charge in [0.1, 0.15) is 6.61 Å². The topological polar surface area (TPSA) is 39.2 Å². The fourth-order valence-electron chi connectivity index (χ4n) is 1.30. The van der Waals surface area contributed by atoms with Crippen LogP contribution in [-0.2, 0) is 22.6 Å².